The van der Waals surface area contributed by atoms with Crippen molar-refractivity contribution in [2.45, 2.75) is 38.7 Å². The number of ether oxygens (including phenoxy) is 1. The van der Waals surface area contributed by atoms with Crippen molar-refractivity contribution in [3.63, 3.8) is 0 Å². The van der Waals surface area contributed by atoms with Gasteiger partial charge in [-0.2, -0.15) is 0 Å². The fourth-order valence-electron chi connectivity index (χ4n) is 1.79. The summed E-state index contributed by atoms with van der Waals surface area (Å²) in [5.41, 5.74) is -0.299. The minimum Gasteiger partial charge on any atom is -0.497 e. The molecule has 2 nitrogen and oxygen atoms in total. The van der Waals surface area contributed by atoms with Crippen molar-refractivity contribution in [3.8, 4) is 5.75 Å². The van der Waals surface area contributed by atoms with Crippen LogP contribution in [0.25, 0.3) is 0 Å². The molecule has 1 rings (SSSR count). The van der Waals surface area contributed by atoms with Gasteiger partial charge in [-0.25, -0.2) is 8.78 Å². The zero-order valence-electron chi connectivity index (χ0n) is 11.2. The average molecular weight is 257 g/mol. The number of benzene rings is 1. The van der Waals surface area contributed by atoms with E-state index in [4.69, 9.17) is 4.74 Å². The molecule has 0 aliphatic rings. The van der Waals surface area contributed by atoms with Gasteiger partial charge in [-0.3, -0.25) is 0 Å². The molecular weight excluding hydrogens is 236 g/mol. The second-order valence-electron chi connectivity index (χ2n) is 4.67. The van der Waals surface area contributed by atoms with Crippen molar-refractivity contribution < 1.29 is 13.5 Å². The Kier molecular flexibility index (Phi) is 5.54. The Morgan fingerprint density at radius 2 is 1.89 bits per heavy atom. The van der Waals surface area contributed by atoms with Crippen molar-refractivity contribution in [1.82, 2.24) is 5.32 Å². The number of halogens is 2. The van der Waals surface area contributed by atoms with Crippen LogP contribution in [0.3, 0.4) is 0 Å². The van der Waals surface area contributed by atoms with Gasteiger partial charge < -0.3 is 10.1 Å². The molecule has 0 aliphatic carbocycles. The lowest BCUT2D eigenvalue weighted by atomic mass is 9.93. The third-order valence-corrected chi connectivity index (χ3v) is 2.99. The molecule has 0 bridgehead atoms. The van der Waals surface area contributed by atoms with E-state index >= 15 is 0 Å². The van der Waals surface area contributed by atoms with Crippen LogP contribution >= 0.6 is 0 Å². The Bertz CT molecular complexity index is 353. The van der Waals surface area contributed by atoms with Crippen molar-refractivity contribution in [1.29, 1.82) is 0 Å². The molecule has 102 valence electrons. The van der Waals surface area contributed by atoms with Gasteiger partial charge in [-0.15, -0.1) is 0 Å². The van der Waals surface area contributed by atoms with Gasteiger partial charge in [0.05, 0.1) is 12.6 Å². The lowest BCUT2D eigenvalue weighted by Crippen LogP contribution is -2.50. The van der Waals surface area contributed by atoms with Crippen molar-refractivity contribution >= 4 is 0 Å². The first-order valence-electron chi connectivity index (χ1n) is 6.18. The summed E-state index contributed by atoms with van der Waals surface area (Å²) < 4.78 is 31.3. The molecule has 18 heavy (non-hydrogen) atoms. The third kappa shape index (κ3) is 3.95. The number of alkyl halides is 2. The summed E-state index contributed by atoms with van der Waals surface area (Å²) in [6.07, 6.45) is -1.26. The SMILES string of the molecule is CCCNC(C)(Cc1ccc(OC)cc1)C(F)F. The number of hydrogen-bond acceptors (Lipinski definition) is 2. The molecule has 1 aromatic rings. The zero-order chi connectivity index (χ0) is 13.6. The molecule has 0 spiro atoms. The van der Waals surface area contributed by atoms with E-state index in [1.165, 1.54) is 0 Å². The fourth-order valence-corrected chi connectivity index (χ4v) is 1.79. The van der Waals surface area contributed by atoms with Gasteiger partial charge in [0.2, 0.25) is 0 Å². The Morgan fingerprint density at radius 3 is 2.33 bits per heavy atom. The van der Waals surface area contributed by atoms with E-state index in [2.05, 4.69) is 5.32 Å². The van der Waals surface area contributed by atoms with Crippen LogP contribution in [-0.2, 0) is 6.42 Å². The van der Waals surface area contributed by atoms with Gasteiger partial charge in [-0.05, 0) is 44.0 Å². The molecule has 0 fully saturated rings. The molecule has 0 aliphatic heterocycles. The van der Waals surface area contributed by atoms with Gasteiger partial charge in [0.1, 0.15) is 5.75 Å². The van der Waals surface area contributed by atoms with Gasteiger partial charge in [0.25, 0.3) is 6.43 Å². The Morgan fingerprint density at radius 1 is 1.28 bits per heavy atom. The average Bonchev–Trinajstić information content (AvgIpc) is 2.37. The van der Waals surface area contributed by atoms with Crippen LogP contribution in [0.5, 0.6) is 5.75 Å². The minimum atomic E-state index is -2.40. The van der Waals surface area contributed by atoms with E-state index in [0.717, 1.165) is 17.7 Å². The molecule has 0 amide bonds. The summed E-state index contributed by atoms with van der Waals surface area (Å²) in [5.74, 6) is 0.735. The summed E-state index contributed by atoms with van der Waals surface area (Å²) in [5, 5.41) is 2.94. The lowest BCUT2D eigenvalue weighted by molar-refractivity contribution is 0.0406. The quantitative estimate of drug-likeness (QED) is 0.809. The number of rotatable bonds is 7. The lowest BCUT2D eigenvalue weighted by Gasteiger charge is -2.30. The molecule has 1 unspecified atom stereocenters. The maximum atomic E-state index is 13.2. The topological polar surface area (TPSA) is 21.3 Å². The van der Waals surface area contributed by atoms with Gasteiger partial charge in [0.15, 0.2) is 0 Å². The Hall–Kier alpha value is -1.16. The molecule has 0 radical (unpaired) electrons. The minimum absolute atomic E-state index is 0.300. The fraction of sp³-hybridized carbons (Fsp3) is 0.571. The van der Waals surface area contributed by atoms with Crippen LogP contribution in [0, 0.1) is 0 Å². The smallest absolute Gasteiger partial charge is 0.256 e. The summed E-state index contributed by atoms with van der Waals surface area (Å²) in [7, 11) is 1.58. The van der Waals surface area contributed by atoms with E-state index in [9.17, 15) is 8.78 Å². The molecule has 0 saturated heterocycles. The molecule has 4 heteroatoms. The standard InChI is InChI=1S/C14H21F2NO/c1-4-9-17-14(2,13(15)16)10-11-5-7-12(18-3)8-6-11/h5-8,13,17H,4,9-10H2,1-3H3. The van der Waals surface area contributed by atoms with E-state index < -0.39 is 12.0 Å². The predicted molar refractivity (Wildman–Crippen MR) is 69.4 cm³/mol. The first-order valence-corrected chi connectivity index (χ1v) is 6.18. The molecule has 0 saturated carbocycles. The maximum Gasteiger partial charge on any atom is 0.256 e. The van der Waals surface area contributed by atoms with E-state index in [-0.39, 0.29) is 0 Å². The summed E-state index contributed by atoms with van der Waals surface area (Å²) in [6, 6.07) is 7.24. The van der Waals surface area contributed by atoms with Crippen LogP contribution in [0.2, 0.25) is 0 Å². The predicted octanol–water partition coefficient (Wildman–Crippen LogP) is 3.26. The highest BCUT2D eigenvalue weighted by Gasteiger charge is 2.34. The molecular formula is C14H21F2NO. The summed E-state index contributed by atoms with van der Waals surface area (Å²) in [4.78, 5) is 0. The van der Waals surface area contributed by atoms with Crippen LogP contribution in [0.15, 0.2) is 24.3 Å². The number of nitrogens with one attached hydrogen (secondary N) is 1. The Labute approximate surface area is 107 Å². The largest absolute Gasteiger partial charge is 0.497 e. The van der Waals surface area contributed by atoms with E-state index in [0.29, 0.717) is 13.0 Å². The number of methoxy groups -OCH3 is 1. The van der Waals surface area contributed by atoms with Crippen molar-refractivity contribution in [2.24, 2.45) is 0 Å². The van der Waals surface area contributed by atoms with Crippen LogP contribution in [-0.4, -0.2) is 25.6 Å². The highest BCUT2D eigenvalue weighted by molar-refractivity contribution is 5.28. The Balaban J connectivity index is 2.75. The van der Waals surface area contributed by atoms with Crippen LogP contribution < -0.4 is 10.1 Å². The zero-order valence-corrected chi connectivity index (χ0v) is 11.2. The normalized spacial score (nSPS) is 14.6. The molecule has 1 aromatic carbocycles. The van der Waals surface area contributed by atoms with Crippen molar-refractivity contribution in [3.05, 3.63) is 29.8 Å². The summed E-state index contributed by atoms with van der Waals surface area (Å²) in [6.45, 7) is 4.13. The van der Waals surface area contributed by atoms with E-state index in [1.807, 2.05) is 19.1 Å². The molecule has 1 N–H and O–H groups in total. The third-order valence-electron chi connectivity index (χ3n) is 2.99. The van der Waals surface area contributed by atoms with Crippen LogP contribution in [0.1, 0.15) is 25.8 Å². The van der Waals surface area contributed by atoms with Gasteiger partial charge in [-0.1, -0.05) is 19.1 Å². The number of hydrogen-bond donors (Lipinski definition) is 1. The second-order valence-corrected chi connectivity index (χ2v) is 4.67. The van der Waals surface area contributed by atoms with Gasteiger partial charge in [0, 0.05) is 0 Å². The first-order chi connectivity index (χ1) is 8.51. The highest BCUT2D eigenvalue weighted by atomic mass is 19.3. The summed E-state index contributed by atoms with van der Waals surface area (Å²) >= 11 is 0. The highest BCUT2D eigenvalue weighted by Crippen LogP contribution is 2.22. The molecule has 0 aromatic heterocycles. The van der Waals surface area contributed by atoms with Crippen molar-refractivity contribution in [2.75, 3.05) is 13.7 Å². The molecule has 0 heterocycles. The van der Waals surface area contributed by atoms with Crippen LogP contribution in [0.4, 0.5) is 8.78 Å². The van der Waals surface area contributed by atoms with E-state index in [1.54, 1.807) is 26.2 Å². The maximum absolute atomic E-state index is 13.2. The second kappa shape index (κ2) is 6.69. The van der Waals surface area contributed by atoms with Gasteiger partial charge >= 0.3 is 0 Å². The first kappa shape index (κ1) is 14.9. The monoisotopic (exact) mass is 257 g/mol. The molecule has 1 atom stereocenters.